The molecular formula is C13H14N2OS. The Morgan fingerprint density at radius 1 is 1.35 bits per heavy atom. The van der Waals surface area contributed by atoms with Gasteiger partial charge in [0.15, 0.2) is 0 Å². The Labute approximate surface area is 104 Å². The Hall–Kier alpha value is -1.23. The molecule has 0 radical (unpaired) electrons. The van der Waals surface area contributed by atoms with Crippen LogP contribution in [0.1, 0.15) is 18.1 Å². The average Bonchev–Trinajstić information content (AvgIpc) is 2.99. The fourth-order valence-electron chi connectivity index (χ4n) is 2.15. The van der Waals surface area contributed by atoms with E-state index in [4.69, 9.17) is 10.5 Å². The molecule has 4 heteroatoms. The summed E-state index contributed by atoms with van der Waals surface area (Å²) in [6, 6.07) is 4.32. The summed E-state index contributed by atoms with van der Waals surface area (Å²) in [6.07, 6.45) is 4.66. The quantitative estimate of drug-likeness (QED) is 0.886. The predicted molar refractivity (Wildman–Crippen MR) is 68.8 cm³/mol. The van der Waals surface area contributed by atoms with Gasteiger partial charge in [-0.1, -0.05) is 0 Å². The van der Waals surface area contributed by atoms with E-state index in [-0.39, 0.29) is 12.1 Å². The van der Waals surface area contributed by atoms with E-state index in [1.165, 1.54) is 5.56 Å². The molecule has 0 aromatic carbocycles. The molecule has 17 heavy (non-hydrogen) atoms. The molecule has 2 aromatic heterocycles. The van der Waals surface area contributed by atoms with Crippen LogP contribution in [0.5, 0.6) is 0 Å². The minimum absolute atomic E-state index is 0.00101. The van der Waals surface area contributed by atoms with E-state index in [0.717, 1.165) is 24.2 Å². The second-order valence-corrected chi connectivity index (χ2v) is 5.04. The van der Waals surface area contributed by atoms with Crippen molar-refractivity contribution in [3.63, 3.8) is 0 Å². The molecule has 0 bridgehead atoms. The summed E-state index contributed by atoms with van der Waals surface area (Å²) in [6.45, 7) is 0.745. The van der Waals surface area contributed by atoms with Gasteiger partial charge in [0.05, 0.1) is 6.10 Å². The van der Waals surface area contributed by atoms with Crippen LogP contribution in [0.25, 0.3) is 11.1 Å². The second kappa shape index (κ2) is 4.56. The minimum Gasteiger partial charge on any atom is -0.372 e. The molecule has 88 valence electrons. The molecule has 1 saturated heterocycles. The lowest BCUT2D eigenvalue weighted by Gasteiger charge is -2.15. The first-order valence-electron chi connectivity index (χ1n) is 5.69. The van der Waals surface area contributed by atoms with Crippen LogP contribution in [0, 0.1) is 0 Å². The number of nitrogens with two attached hydrogens (primary N) is 1. The molecule has 3 nitrogen and oxygen atoms in total. The standard InChI is InChI=1S/C13H14N2OS/c14-12-1-3-16-13(12)11-5-10(6-15-7-11)9-2-4-17-8-9/h2,4-8,12-13H,1,3,14H2/t12-,13+/m1/s1. The molecule has 0 saturated carbocycles. The highest BCUT2D eigenvalue weighted by molar-refractivity contribution is 7.08. The molecule has 0 amide bonds. The van der Waals surface area contributed by atoms with Crippen molar-refractivity contribution in [2.75, 3.05) is 6.61 Å². The summed E-state index contributed by atoms with van der Waals surface area (Å²) < 4.78 is 5.66. The van der Waals surface area contributed by atoms with Gasteiger partial charge in [-0.05, 0) is 34.9 Å². The number of aromatic nitrogens is 1. The van der Waals surface area contributed by atoms with Crippen molar-refractivity contribution in [1.82, 2.24) is 4.98 Å². The third-order valence-electron chi connectivity index (χ3n) is 3.08. The maximum atomic E-state index is 6.03. The van der Waals surface area contributed by atoms with E-state index in [2.05, 4.69) is 27.9 Å². The van der Waals surface area contributed by atoms with Gasteiger partial charge in [-0.15, -0.1) is 0 Å². The molecular weight excluding hydrogens is 232 g/mol. The van der Waals surface area contributed by atoms with E-state index >= 15 is 0 Å². The number of rotatable bonds is 2. The number of hydrogen-bond acceptors (Lipinski definition) is 4. The van der Waals surface area contributed by atoms with Gasteiger partial charge < -0.3 is 10.5 Å². The number of nitrogens with zero attached hydrogens (tertiary/aromatic N) is 1. The van der Waals surface area contributed by atoms with Crippen molar-refractivity contribution in [1.29, 1.82) is 0 Å². The Morgan fingerprint density at radius 3 is 3.00 bits per heavy atom. The summed E-state index contributed by atoms with van der Waals surface area (Å²) in [5.41, 5.74) is 9.45. The smallest absolute Gasteiger partial charge is 0.0991 e. The van der Waals surface area contributed by atoms with Crippen molar-refractivity contribution in [2.24, 2.45) is 5.73 Å². The number of hydrogen-bond donors (Lipinski definition) is 1. The zero-order chi connectivity index (χ0) is 11.7. The lowest BCUT2D eigenvalue weighted by molar-refractivity contribution is 0.105. The maximum absolute atomic E-state index is 6.03. The van der Waals surface area contributed by atoms with Gasteiger partial charge in [-0.3, -0.25) is 4.98 Å². The Kier molecular flexibility index (Phi) is 2.93. The molecule has 3 heterocycles. The van der Waals surface area contributed by atoms with Crippen LogP contribution in [0.15, 0.2) is 35.3 Å². The largest absolute Gasteiger partial charge is 0.372 e. The van der Waals surface area contributed by atoms with E-state index in [1.807, 2.05) is 12.4 Å². The molecule has 1 fully saturated rings. The highest BCUT2D eigenvalue weighted by Gasteiger charge is 2.26. The average molecular weight is 246 g/mol. The van der Waals surface area contributed by atoms with Crippen molar-refractivity contribution < 1.29 is 4.74 Å². The lowest BCUT2D eigenvalue weighted by atomic mass is 10.0. The summed E-state index contributed by atoms with van der Waals surface area (Å²) in [5, 5.41) is 4.19. The first-order chi connectivity index (χ1) is 8.34. The first kappa shape index (κ1) is 10.9. The van der Waals surface area contributed by atoms with Crippen LogP contribution >= 0.6 is 11.3 Å². The first-order valence-corrected chi connectivity index (χ1v) is 6.63. The van der Waals surface area contributed by atoms with E-state index < -0.39 is 0 Å². The lowest BCUT2D eigenvalue weighted by Crippen LogP contribution is -2.23. The SMILES string of the molecule is N[C@@H]1CCO[C@H]1c1cncc(-c2ccsc2)c1. The molecule has 0 unspecified atom stereocenters. The predicted octanol–water partition coefficient (Wildman–Crippen LogP) is 2.60. The van der Waals surface area contributed by atoms with Crippen LogP contribution < -0.4 is 5.73 Å². The van der Waals surface area contributed by atoms with E-state index in [1.54, 1.807) is 11.3 Å². The highest BCUT2D eigenvalue weighted by atomic mass is 32.1. The second-order valence-electron chi connectivity index (χ2n) is 4.26. The summed E-state index contributed by atoms with van der Waals surface area (Å²) in [7, 11) is 0. The minimum atomic E-state index is 0.00101. The molecule has 2 aromatic rings. The number of thiophene rings is 1. The Bertz CT molecular complexity index is 498. The molecule has 1 aliphatic heterocycles. The molecule has 2 N–H and O–H groups in total. The molecule has 2 atom stereocenters. The topological polar surface area (TPSA) is 48.1 Å². The zero-order valence-electron chi connectivity index (χ0n) is 9.37. The Morgan fingerprint density at radius 2 is 2.29 bits per heavy atom. The summed E-state index contributed by atoms with van der Waals surface area (Å²) in [4.78, 5) is 4.29. The summed E-state index contributed by atoms with van der Waals surface area (Å²) in [5.74, 6) is 0. The number of pyridine rings is 1. The van der Waals surface area contributed by atoms with Gasteiger partial charge in [0.1, 0.15) is 0 Å². The molecule has 0 spiro atoms. The third-order valence-corrected chi connectivity index (χ3v) is 3.76. The highest BCUT2D eigenvalue weighted by Crippen LogP contribution is 2.30. The van der Waals surface area contributed by atoms with Crippen molar-refractivity contribution in [3.05, 3.63) is 40.8 Å². The van der Waals surface area contributed by atoms with Crippen molar-refractivity contribution >= 4 is 11.3 Å². The van der Waals surface area contributed by atoms with Gasteiger partial charge in [-0.25, -0.2) is 0 Å². The van der Waals surface area contributed by atoms with Crippen LogP contribution in [-0.4, -0.2) is 17.6 Å². The van der Waals surface area contributed by atoms with Crippen molar-refractivity contribution in [3.8, 4) is 11.1 Å². The third kappa shape index (κ3) is 2.11. The van der Waals surface area contributed by atoms with Crippen molar-refractivity contribution in [2.45, 2.75) is 18.6 Å². The Balaban J connectivity index is 1.94. The fraction of sp³-hybridized carbons (Fsp3) is 0.308. The van der Waals surface area contributed by atoms with Gasteiger partial charge in [0.25, 0.3) is 0 Å². The molecule has 0 aliphatic carbocycles. The van der Waals surface area contributed by atoms with Crippen LogP contribution in [0.2, 0.25) is 0 Å². The van der Waals surface area contributed by atoms with Crippen LogP contribution in [0.3, 0.4) is 0 Å². The molecule has 1 aliphatic rings. The van der Waals surface area contributed by atoms with Crippen LogP contribution in [-0.2, 0) is 4.74 Å². The van der Waals surface area contributed by atoms with Gasteiger partial charge in [0, 0.05) is 36.2 Å². The monoisotopic (exact) mass is 246 g/mol. The fourth-order valence-corrected chi connectivity index (χ4v) is 2.81. The maximum Gasteiger partial charge on any atom is 0.0991 e. The van der Waals surface area contributed by atoms with E-state index in [9.17, 15) is 0 Å². The van der Waals surface area contributed by atoms with Gasteiger partial charge in [-0.2, -0.15) is 11.3 Å². The number of ether oxygens (including phenoxy) is 1. The summed E-state index contributed by atoms with van der Waals surface area (Å²) >= 11 is 1.69. The zero-order valence-corrected chi connectivity index (χ0v) is 10.2. The molecule has 3 rings (SSSR count). The normalized spacial score (nSPS) is 24.1. The van der Waals surface area contributed by atoms with Gasteiger partial charge in [0.2, 0.25) is 0 Å². The van der Waals surface area contributed by atoms with Gasteiger partial charge >= 0.3 is 0 Å². The van der Waals surface area contributed by atoms with Crippen LogP contribution in [0.4, 0.5) is 0 Å². The van der Waals surface area contributed by atoms with E-state index in [0.29, 0.717) is 0 Å².